The number of piperidine rings is 1. The summed E-state index contributed by atoms with van der Waals surface area (Å²) in [5, 5.41) is 0. The molecule has 0 atom stereocenters. The van der Waals surface area contributed by atoms with Crippen LogP contribution in [0.15, 0.2) is 0 Å². The molecule has 1 saturated heterocycles. The SMILES string of the molecule is CCCN(C)[C@H]1C[C@H](OC2CCN(CC(C)C)CC2)C1. The van der Waals surface area contributed by atoms with Crippen molar-refractivity contribution < 1.29 is 4.74 Å². The molecule has 0 spiro atoms. The maximum atomic E-state index is 6.29. The molecule has 1 aliphatic heterocycles. The minimum absolute atomic E-state index is 0.529. The second kappa shape index (κ2) is 7.77. The standard InChI is InChI=1S/C17H34N2O/c1-5-8-18(4)15-11-17(12-15)20-16-6-9-19(10-7-16)13-14(2)3/h14-17H,5-13H2,1-4H3/t15-,17-. The molecule has 3 nitrogen and oxygen atoms in total. The van der Waals surface area contributed by atoms with E-state index in [0.29, 0.717) is 12.2 Å². The van der Waals surface area contributed by atoms with Gasteiger partial charge in [0.2, 0.25) is 0 Å². The lowest BCUT2D eigenvalue weighted by molar-refractivity contribution is -0.100. The van der Waals surface area contributed by atoms with Crippen molar-refractivity contribution in [2.24, 2.45) is 5.92 Å². The lowest BCUT2D eigenvalue weighted by Gasteiger charge is -2.43. The largest absolute Gasteiger partial charge is 0.375 e. The second-order valence-corrected chi connectivity index (χ2v) is 7.26. The third kappa shape index (κ3) is 4.71. The van der Waals surface area contributed by atoms with Crippen LogP contribution >= 0.6 is 0 Å². The summed E-state index contributed by atoms with van der Waals surface area (Å²) in [6.45, 7) is 11.8. The zero-order valence-corrected chi connectivity index (χ0v) is 14.0. The van der Waals surface area contributed by atoms with Crippen LogP contribution in [0, 0.1) is 5.92 Å². The molecule has 0 unspecified atom stereocenters. The smallest absolute Gasteiger partial charge is 0.0608 e. The minimum Gasteiger partial charge on any atom is -0.375 e. The summed E-state index contributed by atoms with van der Waals surface area (Å²) in [5.74, 6) is 0.786. The number of hydrogen-bond acceptors (Lipinski definition) is 3. The van der Waals surface area contributed by atoms with Gasteiger partial charge in [0.25, 0.3) is 0 Å². The zero-order chi connectivity index (χ0) is 14.5. The normalized spacial score (nSPS) is 29.1. The topological polar surface area (TPSA) is 15.7 Å². The van der Waals surface area contributed by atoms with Crippen LogP contribution in [0.25, 0.3) is 0 Å². The fourth-order valence-corrected chi connectivity index (χ4v) is 3.56. The predicted octanol–water partition coefficient (Wildman–Crippen LogP) is 3.00. The van der Waals surface area contributed by atoms with Gasteiger partial charge in [0.15, 0.2) is 0 Å². The summed E-state index contributed by atoms with van der Waals surface area (Å²) >= 11 is 0. The Morgan fingerprint density at radius 1 is 1.15 bits per heavy atom. The summed E-state index contributed by atoms with van der Waals surface area (Å²) in [7, 11) is 2.26. The van der Waals surface area contributed by atoms with Crippen molar-refractivity contribution in [2.45, 2.75) is 71.1 Å². The predicted molar refractivity (Wildman–Crippen MR) is 85.1 cm³/mol. The number of ether oxygens (including phenoxy) is 1. The van der Waals surface area contributed by atoms with E-state index in [4.69, 9.17) is 4.74 Å². The Morgan fingerprint density at radius 3 is 2.35 bits per heavy atom. The molecule has 0 aromatic heterocycles. The van der Waals surface area contributed by atoms with E-state index in [1.54, 1.807) is 0 Å². The molecule has 3 heteroatoms. The van der Waals surface area contributed by atoms with Crippen molar-refractivity contribution in [3.63, 3.8) is 0 Å². The van der Waals surface area contributed by atoms with Crippen molar-refractivity contribution in [3.05, 3.63) is 0 Å². The monoisotopic (exact) mass is 282 g/mol. The number of nitrogens with zero attached hydrogens (tertiary/aromatic N) is 2. The van der Waals surface area contributed by atoms with Crippen molar-refractivity contribution in [1.82, 2.24) is 9.80 Å². The second-order valence-electron chi connectivity index (χ2n) is 7.26. The van der Waals surface area contributed by atoms with E-state index >= 15 is 0 Å². The summed E-state index contributed by atoms with van der Waals surface area (Å²) in [4.78, 5) is 5.11. The van der Waals surface area contributed by atoms with E-state index in [0.717, 1.165) is 12.0 Å². The van der Waals surface area contributed by atoms with Gasteiger partial charge in [0.05, 0.1) is 12.2 Å². The fraction of sp³-hybridized carbons (Fsp3) is 1.00. The molecule has 2 rings (SSSR count). The molecule has 0 aromatic rings. The van der Waals surface area contributed by atoms with Crippen LogP contribution in [0.4, 0.5) is 0 Å². The molecule has 1 aliphatic carbocycles. The van der Waals surface area contributed by atoms with E-state index in [1.807, 2.05) is 0 Å². The van der Waals surface area contributed by atoms with Gasteiger partial charge in [-0.2, -0.15) is 0 Å². The van der Waals surface area contributed by atoms with Gasteiger partial charge < -0.3 is 14.5 Å². The van der Waals surface area contributed by atoms with Gasteiger partial charge in [-0.05, 0) is 51.6 Å². The third-order valence-electron chi connectivity index (χ3n) is 4.81. The first kappa shape index (κ1) is 16.3. The highest BCUT2D eigenvalue weighted by Gasteiger charge is 2.34. The molecular formula is C17H34N2O. The Balaban J connectivity index is 1.58. The summed E-state index contributed by atoms with van der Waals surface area (Å²) in [5.41, 5.74) is 0. The molecule has 2 aliphatic rings. The first-order valence-electron chi connectivity index (χ1n) is 8.66. The lowest BCUT2D eigenvalue weighted by Crippen LogP contribution is -2.49. The Hall–Kier alpha value is -0.120. The maximum Gasteiger partial charge on any atom is 0.0608 e. The van der Waals surface area contributed by atoms with Crippen LogP contribution in [0.5, 0.6) is 0 Å². The molecule has 0 bridgehead atoms. The lowest BCUT2D eigenvalue weighted by atomic mass is 9.87. The molecule has 1 heterocycles. The van der Waals surface area contributed by atoms with Gasteiger partial charge >= 0.3 is 0 Å². The van der Waals surface area contributed by atoms with Crippen LogP contribution < -0.4 is 0 Å². The van der Waals surface area contributed by atoms with Crippen molar-refractivity contribution >= 4 is 0 Å². The Bertz CT molecular complexity index is 268. The summed E-state index contributed by atoms with van der Waals surface area (Å²) < 4.78 is 6.29. The van der Waals surface area contributed by atoms with Crippen LogP contribution in [-0.2, 0) is 4.74 Å². The number of hydrogen-bond donors (Lipinski definition) is 0. The average Bonchev–Trinajstić information content (AvgIpc) is 2.34. The van der Waals surface area contributed by atoms with E-state index in [1.165, 1.54) is 58.3 Å². The Labute approximate surface area is 125 Å². The quantitative estimate of drug-likeness (QED) is 0.714. The van der Waals surface area contributed by atoms with Crippen molar-refractivity contribution in [2.75, 3.05) is 33.2 Å². The highest BCUT2D eigenvalue weighted by atomic mass is 16.5. The van der Waals surface area contributed by atoms with Gasteiger partial charge in [-0.1, -0.05) is 20.8 Å². The molecule has 118 valence electrons. The molecular weight excluding hydrogens is 248 g/mol. The average molecular weight is 282 g/mol. The molecule has 1 saturated carbocycles. The highest BCUT2D eigenvalue weighted by Crippen LogP contribution is 2.30. The Morgan fingerprint density at radius 2 is 1.80 bits per heavy atom. The van der Waals surface area contributed by atoms with Crippen LogP contribution in [-0.4, -0.2) is 61.3 Å². The Kier molecular flexibility index (Phi) is 6.31. The maximum absolute atomic E-state index is 6.29. The first-order chi connectivity index (χ1) is 9.58. The molecule has 0 aromatic carbocycles. The van der Waals surface area contributed by atoms with Gasteiger partial charge in [0.1, 0.15) is 0 Å². The van der Waals surface area contributed by atoms with E-state index in [-0.39, 0.29) is 0 Å². The van der Waals surface area contributed by atoms with E-state index < -0.39 is 0 Å². The minimum atomic E-state index is 0.529. The first-order valence-corrected chi connectivity index (χ1v) is 8.66. The molecule has 0 radical (unpaired) electrons. The van der Waals surface area contributed by atoms with Gasteiger partial charge in [-0.15, -0.1) is 0 Å². The summed E-state index contributed by atoms with van der Waals surface area (Å²) in [6, 6.07) is 0.779. The fourth-order valence-electron chi connectivity index (χ4n) is 3.56. The van der Waals surface area contributed by atoms with Crippen LogP contribution in [0.1, 0.15) is 52.9 Å². The van der Waals surface area contributed by atoms with Crippen molar-refractivity contribution in [1.29, 1.82) is 0 Å². The summed E-state index contributed by atoms with van der Waals surface area (Å²) in [6.07, 6.45) is 7.30. The van der Waals surface area contributed by atoms with Gasteiger partial charge in [-0.3, -0.25) is 0 Å². The zero-order valence-electron chi connectivity index (χ0n) is 14.0. The number of likely N-dealkylation sites (tertiary alicyclic amines) is 1. The van der Waals surface area contributed by atoms with Gasteiger partial charge in [0, 0.05) is 25.7 Å². The van der Waals surface area contributed by atoms with Crippen molar-refractivity contribution in [3.8, 4) is 0 Å². The number of rotatable bonds is 7. The molecule has 20 heavy (non-hydrogen) atoms. The van der Waals surface area contributed by atoms with E-state index in [9.17, 15) is 0 Å². The third-order valence-corrected chi connectivity index (χ3v) is 4.81. The van der Waals surface area contributed by atoms with Crippen LogP contribution in [0.3, 0.4) is 0 Å². The molecule has 0 amide bonds. The van der Waals surface area contributed by atoms with E-state index in [2.05, 4.69) is 37.6 Å². The molecule has 0 N–H and O–H groups in total. The van der Waals surface area contributed by atoms with Crippen LogP contribution in [0.2, 0.25) is 0 Å². The van der Waals surface area contributed by atoms with Gasteiger partial charge in [-0.25, -0.2) is 0 Å². The molecule has 2 fully saturated rings. The highest BCUT2D eigenvalue weighted by molar-refractivity contribution is 4.88.